The molecule has 3 rings (SSSR count). The van der Waals surface area contributed by atoms with Crippen molar-refractivity contribution < 1.29 is 9.53 Å². The van der Waals surface area contributed by atoms with Crippen molar-refractivity contribution in [1.29, 1.82) is 0 Å². The predicted molar refractivity (Wildman–Crippen MR) is 81.9 cm³/mol. The van der Waals surface area contributed by atoms with Gasteiger partial charge in [0.2, 0.25) is 5.91 Å². The van der Waals surface area contributed by atoms with Gasteiger partial charge in [-0.1, -0.05) is 0 Å². The Morgan fingerprint density at radius 1 is 1.14 bits per heavy atom. The second kappa shape index (κ2) is 6.23. The van der Waals surface area contributed by atoms with Gasteiger partial charge in [0.25, 0.3) is 0 Å². The summed E-state index contributed by atoms with van der Waals surface area (Å²) >= 11 is 0. The zero-order valence-corrected chi connectivity index (χ0v) is 13.2. The Morgan fingerprint density at radius 3 is 2.33 bits per heavy atom. The molecule has 0 aromatic rings. The summed E-state index contributed by atoms with van der Waals surface area (Å²) in [4.78, 5) is 17.1. The van der Waals surface area contributed by atoms with Crippen LogP contribution in [0.4, 0.5) is 0 Å². The summed E-state index contributed by atoms with van der Waals surface area (Å²) in [6, 6.07) is 0. The molecule has 21 heavy (non-hydrogen) atoms. The van der Waals surface area contributed by atoms with E-state index in [1.54, 1.807) is 0 Å². The lowest BCUT2D eigenvalue weighted by atomic mass is 9.91. The molecule has 1 aliphatic carbocycles. The average molecular weight is 295 g/mol. The number of piperidine rings is 1. The van der Waals surface area contributed by atoms with Gasteiger partial charge in [-0.25, -0.2) is 0 Å². The number of carbonyl (C=O) groups excluding carboxylic acids is 1. The third kappa shape index (κ3) is 3.58. The van der Waals surface area contributed by atoms with Crippen molar-refractivity contribution in [1.82, 2.24) is 9.80 Å². The van der Waals surface area contributed by atoms with Crippen molar-refractivity contribution in [3.8, 4) is 0 Å². The molecular formula is C16H29N3O2. The molecular weight excluding hydrogens is 266 g/mol. The predicted octanol–water partition coefficient (Wildman–Crippen LogP) is 0.685. The van der Waals surface area contributed by atoms with Gasteiger partial charge in [-0.15, -0.1) is 0 Å². The third-order valence-corrected chi connectivity index (χ3v) is 5.41. The number of hydrogen-bond donors (Lipinski definition) is 1. The second-order valence-corrected chi connectivity index (χ2v) is 7.21. The Kier molecular flexibility index (Phi) is 4.52. The number of morpholine rings is 1. The standard InChI is InChI=1S/C16H29N3O2/c1-16(17,14-2-3-14)15(20)19-6-4-13(5-7-19)12-18-8-10-21-11-9-18/h13-14H,2-12,17H2,1H3. The number of nitrogens with two attached hydrogens (primary N) is 1. The number of carbonyl (C=O) groups is 1. The lowest BCUT2D eigenvalue weighted by Crippen LogP contribution is -2.56. The molecule has 1 atom stereocenters. The van der Waals surface area contributed by atoms with E-state index in [0.29, 0.717) is 5.92 Å². The van der Waals surface area contributed by atoms with Gasteiger partial charge in [-0.3, -0.25) is 9.69 Å². The molecule has 120 valence electrons. The van der Waals surface area contributed by atoms with E-state index in [9.17, 15) is 4.79 Å². The molecule has 2 N–H and O–H groups in total. The molecule has 0 radical (unpaired) electrons. The van der Waals surface area contributed by atoms with E-state index in [0.717, 1.165) is 77.5 Å². The lowest BCUT2D eigenvalue weighted by Gasteiger charge is -2.39. The van der Waals surface area contributed by atoms with Crippen molar-refractivity contribution >= 4 is 5.91 Å². The highest BCUT2D eigenvalue weighted by Gasteiger charge is 2.46. The maximum absolute atomic E-state index is 12.6. The van der Waals surface area contributed by atoms with Crippen LogP contribution in [0.25, 0.3) is 0 Å². The third-order valence-electron chi connectivity index (χ3n) is 5.41. The molecule has 1 saturated carbocycles. The molecule has 1 amide bonds. The van der Waals surface area contributed by atoms with E-state index in [1.807, 2.05) is 11.8 Å². The topological polar surface area (TPSA) is 58.8 Å². The van der Waals surface area contributed by atoms with Crippen LogP contribution in [0, 0.1) is 11.8 Å². The van der Waals surface area contributed by atoms with Gasteiger partial charge >= 0.3 is 0 Å². The Balaban J connectivity index is 1.45. The van der Waals surface area contributed by atoms with Crippen LogP contribution < -0.4 is 5.73 Å². The van der Waals surface area contributed by atoms with E-state index in [-0.39, 0.29) is 5.91 Å². The summed E-state index contributed by atoms with van der Waals surface area (Å²) in [7, 11) is 0. The average Bonchev–Trinajstić information content (AvgIpc) is 3.33. The maximum atomic E-state index is 12.6. The highest BCUT2D eigenvalue weighted by Crippen LogP contribution is 2.39. The Hall–Kier alpha value is -0.650. The number of nitrogens with zero attached hydrogens (tertiary/aromatic N) is 2. The Labute approximate surface area is 127 Å². The van der Waals surface area contributed by atoms with Gasteiger partial charge in [-0.05, 0) is 44.4 Å². The van der Waals surface area contributed by atoms with Crippen LogP contribution >= 0.6 is 0 Å². The van der Waals surface area contributed by atoms with Crippen LogP contribution in [0.3, 0.4) is 0 Å². The first-order valence-electron chi connectivity index (χ1n) is 8.45. The summed E-state index contributed by atoms with van der Waals surface area (Å²) in [6.07, 6.45) is 4.46. The van der Waals surface area contributed by atoms with Crippen LogP contribution in [0.15, 0.2) is 0 Å². The summed E-state index contributed by atoms with van der Waals surface area (Å²) in [5.74, 6) is 1.31. The summed E-state index contributed by atoms with van der Waals surface area (Å²) in [5.41, 5.74) is 5.64. The molecule has 1 unspecified atom stereocenters. The van der Waals surface area contributed by atoms with E-state index in [1.165, 1.54) is 0 Å². The molecule has 0 spiro atoms. The SMILES string of the molecule is CC(N)(C(=O)N1CCC(CN2CCOCC2)CC1)C1CC1. The smallest absolute Gasteiger partial charge is 0.242 e. The zero-order valence-electron chi connectivity index (χ0n) is 13.2. The highest BCUT2D eigenvalue weighted by molar-refractivity contribution is 5.86. The fourth-order valence-corrected chi connectivity index (χ4v) is 3.67. The van der Waals surface area contributed by atoms with Gasteiger partial charge in [0, 0.05) is 32.7 Å². The van der Waals surface area contributed by atoms with Gasteiger partial charge in [-0.2, -0.15) is 0 Å². The number of amides is 1. The summed E-state index contributed by atoms with van der Waals surface area (Å²) in [5, 5.41) is 0. The first kappa shape index (κ1) is 15.3. The van der Waals surface area contributed by atoms with Crippen molar-refractivity contribution in [2.45, 2.75) is 38.1 Å². The van der Waals surface area contributed by atoms with Crippen LogP contribution in [-0.2, 0) is 9.53 Å². The van der Waals surface area contributed by atoms with E-state index in [4.69, 9.17) is 10.5 Å². The van der Waals surface area contributed by atoms with Crippen LogP contribution in [0.5, 0.6) is 0 Å². The largest absolute Gasteiger partial charge is 0.379 e. The number of rotatable bonds is 4. The fraction of sp³-hybridized carbons (Fsp3) is 0.938. The molecule has 0 bridgehead atoms. The Morgan fingerprint density at radius 2 is 1.76 bits per heavy atom. The molecule has 0 aromatic carbocycles. The van der Waals surface area contributed by atoms with Crippen LogP contribution in [0.2, 0.25) is 0 Å². The summed E-state index contributed by atoms with van der Waals surface area (Å²) in [6.45, 7) is 8.69. The minimum absolute atomic E-state index is 0.176. The van der Waals surface area contributed by atoms with Crippen molar-refractivity contribution in [2.75, 3.05) is 45.9 Å². The van der Waals surface area contributed by atoms with Crippen molar-refractivity contribution in [3.05, 3.63) is 0 Å². The van der Waals surface area contributed by atoms with Crippen molar-refractivity contribution in [3.63, 3.8) is 0 Å². The van der Waals surface area contributed by atoms with Crippen molar-refractivity contribution in [2.24, 2.45) is 17.6 Å². The molecule has 5 heteroatoms. The molecule has 0 aromatic heterocycles. The lowest BCUT2D eigenvalue weighted by molar-refractivity contribution is -0.138. The number of hydrogen-bond acceptors (Lipinski definition) is 4. The Bertz CT molecular complexity index is 368. The molecule has 2 aliphatic heterocycles. The minimum atomic E-state index is -0.628. The normalized spacial score (nSPS) is 28.4. The van der Waals surface area contributed by atoms with Gasteiger partial charge in [0.1, 0.15) is 0 Å². The second-order valence-electron chi connectivity index (χ2n) is 7.21. The van der Waals surface area contributed by atoms with Gasteiger partial charge in [0.05, 0.1) is 18.8 Å². The molecule has 2 saturated heterocycles. The molecule has 3 fully saturated rings. The first-order chi connectivity index (χ1) is 10.1. The minimum Gasteiger partial charge on any atom is -0.379 e. The van der Waals surface area contributed by atoms with E-state index >= 15 is 0 Å². The van der Waals surface area contributed by atoms with Gasteiger partial charge < -0.3 is 15.4 Å². The maximum Gasteiger partial charge on any atom is 0.242 e. The molecule has 3 aliphatic rings. The quantitative estimate of drug-likeness (QED) is 0.829. The van der Waals surface area contributed by atoms with E-state index < -0.39 is 5.54 Å². The highest BCUT2D eigenvalue weighted by atomic mass is 16.5. The van der Waals surface area contributed by atoms with Crippen LogP contribution in [-0.4, -0.2) is 67.2 Å². The number of ether oxygens (including phenoxy) is 1. The van der Waals surface area contributed by atoms with E-state index in [2.05, 4.69) is 4.90 Å². The van der Waals surface area contributed by atoms with Gasteiger partial charge in [0.15, 0.2) is 0 Å². The first-order valence-corrected chi connectivity index (χ1v) is 8.45. The zero-order chi connectivity index (χ0) is 14.9. The molecule has 5 nitrogen and oxygen atoms in total. The number of likely N-dealkylation sites (tertiary alicyclic amines) is 1. The van der Waals surface area contributed by atoms with Crippen LogP contribution in [0.1, 0.15) is 32.6 Å². The monoisotopic (exact) mass is 295 g/mol. The summed E-state index contributed by atoms with van der Waals surface area (Å²) < 4.78 is 5.39. The fourth-order valence-electron chi connectivity index (χ4n) is 3.67. The molecule has 2 heterocycles.